The molecule has 0 bridgehead atoms. The number of benzene rings is 1. The number of nitrogens with zero attached hydrogens (tertiary/aromatic N) is 1. The molecule has 0 aliphatic rings. The van der Waals surface area contributed by atoms with E-state index in [1.165, 1.54) is 0 Å². The van der Waals surface area contributed by atoms with E-state index >= 15 is 0 Å². The molecule has 2 aromatic rings. The summed E-state index contributed by atoms with van der Waals surface area (Å²) < 4.78 is 7.16. The van der Waals surface area contributed by atoms with Gasteiger partial charge in [-0.1, -0.05) is 15.9 Å². The third kappa shape index (κ3) is 3.70. The molecule has 0 amide bonds. The fourth-order valence-corrected chi connectivity index (χ4v) is 2.27. The van der Waals surface area contributed by atoms with Crippen molar-refractivity contribution < 1.29 is 4.74 Å². The number of pyridine rings is 1. The highest BCUT2D eigenvalue weighted by Crippen LogP contribution is 2.24. The van der Waals surface area contributed by atoms with Crippen LogP contribution >= 0.6 is 31.9 Å². The molecule has 3 nitrogen and oxygen atoms in total. The second-order valence-electron chi connectivity index (χ2n) is 4.14. The lowest BCUT2D eigenvalue weighted by molar-refractivity contribution is 0.414. The third-order valence-corrected chi connectivity index (χ3v) is 4.35. The number of halogens is 2. The molecule has 0 fully saturated rings. The molecule has 0 spiro atoms. The van der Waals surface area contributed by atoms with Crippen molar-refractivity contribution >= 4 is 37.5 Å². The minimum Gasteiger partial charge on any atom is -0.497 e. The minimum absolute atomic E-state index is 0.709. The van der Waals surface area contributed by atoms with Crippen LogP contribution in [0.5, 0.6) is 5.75 Å². The Morgan fingerprint density at radius 2 is 2.05 bits per heavy atom. The van der Waals surface area contributed by atoms with E-state index in [1.54, 1.807) is 7.11 Å². The predicted octanol–water partition coefficient (Wildman–Crippen LogP) is 4.54. The van der Waals surface area contributed by atoms with Gasteiger partial charge in [0.05, 0.1) is 19.0 Å². The average molecular weight is 386 g/mol. The first-order chi connectivity index (χ1) is 9.10. The van der Waals surface area contributed by atoms with Crippen molar-refractivity contribution in [2.24, 2.45) is 0 Å². The molecule has 0 aliphatic heterocycles. The van der Waals surface area contributed by atoms with Crippen LogP contribution in [-0.2, 0) is 6.54 Å². The standard InChI is InChI=1S/C14H14Br2N2O/c1-9-5-11(8-18-14(9)16)17-7-10-6-12(19-2)3-4-13(10)15/h3-6,8,17H,7H2,1-2H3. The Morgan fingerprint density at radius 3 is 2.74 bits per heavy atom. The van der Waals surface area contributed by atoms with Gasteiger partial charge in [-0.15, -0.1) is 0 Å². The van der Waals surface area contributed by atoms with Crippen molar-refractivity contribution in [3.8, 4) is 5.75 Å². The van der Waals surface area contributed by atoms with Crippen LogP contribution in [0.4, 0.5) is 5.69 Å². The van der Waals surface area contributed by atoms with Crippen LogP contribution in [-0.4, -0.2) is 12.1 Å². The summed E-state index contributed by atoms with van der Waals surface area (Å²) in [5.74, 6) is 0.852. The minimum atomic E-state index is 0.709. The normalized spacial score (nSPS) is 10.3. The van der Waals surface area contributed by atoms with Gasteiger partial charge in [-0.2, -0.15) is 0 Å². The summed E-state index contributed by atoms with van der Waals surface area (Å²) >= 11 is 6.93. The molecular weight excluding hydrogens is 372 g/mol. The Morgan fingerprint density at radius 1 is 1.26 bits per heavy atom. The molecule has 0 radical (unpaired) electrons. The SMILES string of the molecule is COc1ccc(Br)c(CNc2cnc(Br)c(C)c2)c1. The zero-order valence-corrected chi connectivity index (χ0v) is 13.9. The van der Waals surface area contributed by atoms with Crippen LogP contribution < -0.4 is 10.1 Å². The molecule has 1 aromatic heterocycles. The number of nitrogens with one attached hydrogen (secondary N) is 1. The van der Waals surface area contributed by atoms with Crippen LogP contribution in [0.3, 0.4) is 0 Å². The van der Waals surface area contributed by atoms with Crippen LogP contribution in [0, 0.1) is 6.92 Å². The summed E-state index contributed by atoms with van der Waals surface area (Å²) in [7, 11) is 1.67. The van der Waals surface area contributed by atoms with Gasteiger partial charge in [-0.25, -0.2) is 4.98 Å². The van der Waals surface area contributed by atoms with Gasteiger partial charge in [0.25, 0.3) is 0 Å². The van der Waals surface area contributed by atoms with E-state index in [-0.39, 0.29) is 0 Å². The van der Waals surface area contributed by atoms with Crippen LogP contribution in [0.15, 0.2) is 39.5 Å². The van der Waals surface area contributed by atoms with E-state index in [1.807, 2.05) is 31.3 Å². The molecule has 2 rings (SSSR count). The fraction of sp³-hybridized carbons (Fsp3) is 0.214. The van der Waals surface area contributed by atoms with E-state index < -0.39 is 0 Å². The van der Waals surface area contributed by atoms with Gasteiger partial charge >= 0.3 is 0 Å². The summed E-state index contributed by atoms with van der Waals surface area (Å²) in [6, 6.07) is 7.99. The maximum Gasteiger partial charge on any atom is 0.119 e. The highest BCUT2D eigenvalue weighted by Gasteiger charge is 2.03. The van der Waals surface area contributed by atoms with Gasteiger partial charge in [-0.3, -0.25) is 0 Å². The maximum atomic E-state index is 5.23. The lowest BCUT2D eigenvalue weighted by Crippen LogP contribution is -2.01. The highest BCUT2D eigenvalue weighted by atomic mass is 79.9. The lowest BCUT2D eigenvalue weighted by Gasteiger charge is -2.10. The highest BCUT2D eigenvalue weighted by molar-refractivity contribution is 9.10. The van der Waals surface area contributed by atoms with Crippen LogP contribution in [0.2, 0.25) is 0 Å². The number of aryl methyl sites for hydroxylation is 1. The fourth-order valence-electron chi connectivity index (χ4n) is 1.67. The molecule has 1 aromatic carbocycles. The summed E-state index contributed by atoms with van der Waals surface area (Å²) in [5.41, 5.74) is 3.24. The monoisotopic (exact) mass is 384 g/mol. The Balaban J connectivity index is 2.11. The third-order valence-electron chi connectivity index (χ3n) is 2.75. The number of hydrogen-bond acceptors (Lipinski definition) is 3. The van der Waals surface area contributed by atoms with E-state index in [0.717, 1.165) is 31.6 Å². The van der Waals surface area contributed by atoms with Crippen molar-refractivity contribution in [3.05, 3.63) is 50.7 Å². The molecule has 1 N–H and O–H groups in total. The topological polar surface area (TPSA) is 34.1 Å². The van der Waals surface area contributed by atoms with E-state index in [0.29, 0.717) is 6.54 Å². The first-order valence-electron chi connectivity index (χ1n) is 5.78. The molecule has 19 heavy (non-hydrogen) atoms. The average Bonchev–Trinajstić information content (AvgIpc) is 2.41. The molecule has 5 heteroatoms. The Hall–Kier alpha value is -1.07. The number of ether oxygens (including phenoxy) is 1. The molecule has 1 heterocycles. The summed E-state index contributed by atoms with van der Waals surface area (Å²) in [6.45, 7) is 2.73. The van der Waals surface area contributed by atoms with Gasteiger partial charge in [0.15, 0.2) is 0 Å². The lowest BCUT2D eigenvalue weighted by atomic mass is 10.2. The predicted molar refractivity (Wildman–Crippen MR) is 84.7 cm³/mol. The molecule has 0 unspecified atom stereocenters. The molecular formula is C14H14Br2N2O. The molecule has 0 saturated carbocycles. The molecule has 100 valence electrons. The van der Waals surface area contributed by atoms with Gasteiger partial charge in [0.2, 0.25) is 0 Å². The zero-order chi connectivity index (χ0) is 13.8. The first-order valence-corrected chi connectivity index (χ1v) is 7.37. The second kappa shape index (κ2) is 6.39. The van der Waals surface area contributed by atoms with E-state index in [2.05, 4.69) is 48.2 Å². The van der Waals surface area contributed by atoms with E-state index in [9.17, 15) is 0 Å². The molecule has 0 aliphatic carbocycles. The number of methoxy groups -OCH3 is 1. The Bertz CT molecular complexity index is 588. The zero-order valence-electron chi connectivity index (χ0n) is 10.7. The van der Waals surface area contributed by atoms with Crippen molar-refractivity contribution in [3.63, 3.8) is 0 Å². The second-order valence-corrected chi connectivity index (χ2v) is 5.75. The summed E-state index contributed by atoms with van der Waals surface area (Å²) in [5, 5.41) is 3.35. The van der Waals surface area contributed by atoms with Crippen LogP contribution in [0.25, 0.3) is 0 Å². The van der Waals surface area contributed by atoms with Gasteiger partial charge in [-0.05, 0) is 58.2 Å². The summed E-state index contributed by atoms with van der Waals surface area (Å²) in [4.78, 5) is 4.26. The number of anilines is 1. The quantitative estimate of drug-likeness (QED) is 0.784. The number of hydrogen-bond donors (Lipinski definition) is 1. The van der Waals surface area contributed by atoms with Gasteiger partial charge < -0.3 is 10.1 Å². The van der Waals surface area contributed by atoms with Crippen molar-refractivity contribution in [2.75, 3.05) is 12.4 Å². The van der Waals surface area contributed by atoms with Crippen molar-refractivity contribution in [1.82, 2.24) is 4.98 Å². The van der Waals surface area contributed by atoms with Gasteiger partial charge in [0.1, 0.15) is 10.4 Å². The number of rotatable bonds is 4. The Labute approximate surface area is 129 Å². The van der Waals surface area contributed by atoms with Crippen molar-refractivity contribution in [2.45, 2.75) is 13.5 Å². The number of aromatic nitrogens is 1. The Kier molecular flexibility index (Phi) is 4.82. The van der Waals surface area contributed by atoms with Gasteiger partial charge in [0, 0.05) is 11.0 Å². The van der Waals surface area contributed by atoms with Crippen molar-refractivity contribution in [1.29, 1.82) is 0 Å². The van der Waals surface area contributed by atoms with E-state index in [4.69, 9.17) is 4.74 Å². The molecule has 0 atom stereocenters. The molecule has 0 saturated heterocycles. The van der Waals surface area contributed by atoms with Crippen LogP contribution in [0.1, 0.15) is 11.1 Å². The summed E-state index contributed by atoms with van der Waals surface area (Å²) in [6.07, 6.45) is 1.81. The smallest absolute Gasteiger partial charge is 0.119 e. The first kappa shape index (κ1) is 14.3. The maximum absolute atomic E-state index is 5.23. The largest absolute Gasteiger partial charge is 0.497 e.